The molecule has 0 spiro atoms. The van der Waals surface area contributed by atoms with Crippen molar-refractivity contribution in [3.63, 3.8) is 0 Å². The maximum Gasteiger partial charge on any atom is 0.310 e. The van der Waals surface area contributed by atoms with E-state index in [1.54, 1.807) is 0 Å². The van der Waals surface area contributed by atoms with Gasteiger partial charge in [-0.1, -0.05) is 38.7 Å². The molecule has 0 aliphatic heterocycles. The Balaban J connectivity index is 3.04. The van der Waals surface area contributed by atoms with E-state index in [2.05, 4.69) is 11.3 Å². The van der Waals surface area contributed by atoms with Crippen molar-refractivity contribution in [2.45, 2.75) is 51.4 Å². The molecule has 1 radical (unpaired) electrons. The Labute approximate surface area is 92.1 Å². The fourth-order valence-electron chi connectivity index (χ4n) is 1.41. The SMILES string of the molecule is C=COC(=O)CCCCCCCCC[O]. The molecule has 0 aromatic rings. The zero-order valence-corrected chi connectivity index (χ0v) is 9.37. The molecule has 0 atom stereocenters. The van der Waals surface area contributed by atoms with Crippen LogP contribution < -0.4 is 0 Å². The van der Waals surface area contributed by atoms with Crippen molar-refractivity contribution in [3.05, 3.63) is 12.8 Å². The van der Waals surface area contributed by atoms with E-state index in [9.17, 15) is 9.90 Å². The number of carbonyl (C=O) groups is 1. The third-order valence-corrected chi connectivity index (χ3v) is 2.24. The van der Waals surface area contributed by atoms with Gasteiger partial charge in [0.25, 0.3) is 0 Å². The van der Waals surface area contributed by atoms with Crippen LogP contribution in [0.2, 0.25) is 0 Å². The molecule has 0 aromatic carbocycles. The van der Waals surface area contributed by atoms with Gasteiger partial charge in [-0.2, -0.15) is 0 Å². The molecule has 0 aromatic heterocycles. The van der Waals surface area contributed by atoms with Crippen molar-refractivity contribution in [3.8, 4) is 0 Å². The molecule has 15 heavy (non-hydrogen) atoms. The van der Waals surface area contributed by atoms with E-state index in [-0.39, 0.29) is 12.6 Å². The first-order chi connectivity index (χ1) is 7.31. The van der Waals surface area contributed by atoms with E-state index in [0.717, 1.165) is 44.9 Å². The minimum atomic E-state index is -0.198. The highest BCUT2D eigenvalue weighted by Crippen LogP contribution is 2.08. The molecule has 0 heterocycles. The van der Waals surface area contributed by atoms with Gasteiger partial charge in [0.2, 0.25) is 0 Å². The largest absolute Gasteiger partial charge is 0.435 e. The summed E-state index contributed by atoms with van der Waals surface area (Å²) in [5, 5.41) is 10.1. The Morgan fingerprint density at radius 1 is 1.00 bits per heavy atom. The zero-order chi connectivity index (χ0) is 11.4. The topological polar surface area (TPSA) is 46.2 Å². The summed E-state index contributed by atoms with van der Waals surface area (Å²) >= 11 is 0. The van der Waals surface area contributed by atoms with Gasteiger partial charge in [0, 0.05) is 6.42 Å². The molecule has 3 nitrogen and oxygen atoms in total. The number of unbranched alkanes of at least 4 members (excludes halogenated alkanes) is 6. The Hall–Kier alpha value is -0.830. The van der Waals surface area contributed by atoms with Gasteiger partial charge in [-0.25, -0.2) is 5.11 Å². The predicted molar refractivity (Wildman–Crippen MR) is 58.8 cm³/mol. The number of hydrogen-bond acceptors (Lipinski definition) is 2. The van der Waals surface area contributed by atoms with Crippen molar-refractivity contribution in [2.75, 3.05) is 6.61 Å². The van der Waals surface area contributed by atoms with Crippen LogP contribution in [-0.4, -0.2) is 12.6 Å². The normalized spacial score (nSPS) is 9.93. The van der Waals surface area contributed by atoms with Gasteiger partial charge in [-0.15, -0.1) is 0 Å². The van der Waals surface area contributed by atoms with E-state index < -0.39 is 0 Å². The molecule has 3 heteroatoms. The summed E-state index contributed by atoms with van der Waals surface area (Å²) in [5.74, 6) is -0.198. The van der Waals surface area contributed by atoms with Crippen LogP contribution in [0.25, 0.3) is 0 Å². The van der Waals surface area contributed by atoms with Gasteiger partial charge >= 0.3 is 5.97 Å². The van der Waals surface area contributed by atoms with Gasteiger partial charge in [-0.3, -0.25) is 4.79 Å². The molecule has 0 saturated heterocycles. The van der Waals surface area contributed by atoms with Crippen LogP contribution >= 0.6 is 0 Å². The van der Waals surface area contributed by atoms with E-state index in [1.165, 1.54) is 6.26 Å². The molecule has 0 bridgehead atoms. The molecular formula is C12H21O3. The highest BCUT2D eigenvalue weighted by atomic mass is 16.5. The third-order valence-electron chi connectivity index (χ3n) is 2.24. The maximum atomic E-state index is 10.9. The highest BCUT2D eigenvalue weighted by molar-refractivity contribution is 5.69. The molecule has 0 aliphatic rings. The van der Waals surface area contributed by atoms with Gasteiger partial charge in [0.1, 0.15) is 0 Å². The van der Waals surface area contributed by atoms with Crippen LogP contribution in [0.15, 0.2) is 12.8 Å². The average Bonchev–Trinajstić information content (AvgIpc) is 2.22. The van der Waals surface area contributed by atoms with Gasteiger partial charge in [-0.05, 0) is 12.8 Å². The molecule has 0 N–H and O–H groups in total. The minimum Gasteiger partial charge on any atom is -0.435 e. The van der Waals surface area contributed by atoms with E-state index in [4.69, 9.17) is 0 Å². The van der Waals surface area contributed by atoms with Crippen molar-refractivity contribution in [2.24, 2.45) is 0 Å². The number of carbonyl (C=O) groups excluding carboxylic acids is 1. The van der Waals surface area contributed by atoms with Crippen LogP contribution in [-0.2, 0) is 14.6 Å². The van der Waals surface area contributed by atoms with Gasteiger partial charge in [0.15, 0.2) is 0 Å². The smallest absolute Gasteiger partial charge is 0.310 e. The highest BCUT2D eigenvalue weighted by Gasteiger charge is 1.99. The molecule has 0 amide bonds. The molecule has 87 valence electrons. The Morgan fingerprint density at radius 2 is 1.53 bits per heavy atom. The Morgan fingerprint density at radius 3 is 2.07 bits per heavy atom. The van der Waals surface area contributed by atoms with Crippen molar-refractivity contribution in [1.29, 1.82) is 0 Å². The summed E-state index contributed by atoms with van der Waals surface area (Å²) in [6.07, 6.45) is 8.87. The first kappa shape index (κ1) is 14.2. The van der Waals surface area contributed by atoms with Crippen molar-refractivity contribution < 1.29 is 14.6 Å². The van der Waals surface area contributed by atoms with Crippen LogP contribution in [0, 0.1) is 0 Å². The fourth-order valence-corrected chi connectivity index (χ4v) is 1.41. The van der Waals surface area contributed by atoms with Crippen LogP contribution in [0.1, 0.15) is 51.4 Å². The first-order valence-corrected chi connectivity index (χ1v) is 5.69. The summed E-state index contributed by atoms with van der Waals surface area (Å²) in [4.78, 5) is 10.9. The molecule has 0 fully saturated rings. The summed E-state index contributed by atoms with van der Waals surface area (Å²) in [6, 6.07) is 0. The Kier molecular flexibility index (Phi) is 10.6. The second-order valence-corrected chi connectivity index (χ2v) is 3.59. The lowest BCUT2D eigenvalue weighted by Crippen LogP contribution is -1.98. The van der Waals surface area contributed by atoms with E-state index >= 15 is 0 Å². The van der Waals surface area contributed by atoms with Gasteiger partial charge in [0.05, 0.1) is 12.9 Å². The number of ether oxygens (including phenoxy) is 1. The number of rotatable bonds is 10. The minimum absolute atomic E-state index is 0.0490. The standard InChI is InChI=1S/C12H21O3/c1-2-15-12(14)10-8-6-4-3-5-7-9-11-13/h2H,1,3-11H2. The van der Waals surface area contributed by atoms with Crippen LogP contribution in [0.3, 0.4) is 0 Å². The third kappa shape index (κ3) is 11.1. The zero-order valence-electron chi connectivity index (χ0n) is 9.37. The summed E-state index contributed by atoms with van der Waals surface area (Å²) in [6.45, 7) is 3.37. The molecular weight excluding hydrogens is 192 g/mol. The average molecular weight is 213 g/mol. The summed E-state index contributed by atoms with van der Waals surface area (Å²) in [5.41, 5.74) is 0. The number of esters is 1. The lowest BCUT2D eigenvalue weighted by Gasteiger charge is -2.00. The first-order valence-electron chi connectivity index (χ1n) is 5.69. The van der Waals surface area contributed by atoms with Crippen LogP contribution in [0.5, 0.6) is 0 Å². The quantitative estimate of drug-likeness (QED) is 0.318. The van der Waals surface area contributed by atoms with E-state index in [1.807, 2.05) is 0 Å². The second kappa shape index (κ2) is 11.2. The summed E-state index contributed by atoms with van der Waals surface area (Å²) in [7, 11) is 0. The Bertz CT molecular complexity index is 166. The summed E-state index contributed by atoms with van der Waals surface area (Å²) < 4.78 is 4.59. The van der Waals surface area contributed by atoms with Crippen molar-refractivity contribution >= 4 is 5.97 Å². The molecule has 0 saturated carbocycles. The van der Waals surface area contributed by atoms with Crippen LogP contribution in [0.4, 0.5) is 0 Å². The fraction of sp³-hybridized carbons (Fsp3) is 0.750. The maximum absolute atomic E-state index is 10.9. The molecule has 0 aliphatic carbocycles. The van der Waals surface area contributed by atoms with Gasteiger partial charge < -0.3 is 4.74 Å². The predicted octanol–water partition coefficient (Wildman–Crippen LogP) is 3.22. The molecule has 0 unspecified atom stereocenters. The lowest BCUT2D eigenvalue weighted by atomic mass is 10.1. The lowest BCUT2D eigenvalue weighted by molar-refractivity contribution is -0.138. The monoisotopic (exact) mass is 213 g/mol. The van der Waals surface area contributed by atoms with Crippen molar-refractivity contribution in [1.82, 2.24) is 0 Å². The second-order valence-electron chi connectivity index (χ2n) is 3.59. The van der Waals surface area contributed by atoms with E-state index in [0.29, 0.717) is 6.42 Å². The molecule has 0 rings (SSSR count). The number of hydrogen-bond donors (Lipinski definition) is 0.